The fourth-order valence-electron chi connectivity index (χ4n) is 5.50. The number of nitrogens with two attached hydrogens (primary N) is 1. The van der Waals surface area contributed by atoms with E-state index in [1.807, 2.05) is 36.4 Å². The molecule has 2 saturated heterocycles. The maximum atomic E-state index is 13.5. The number of fused-ring (bicyclic) bond motifs is 1. The zero-order chi connectivity index (χ0) is 28.1. The molecular formula is C29H32N6O4S. The SMILES string of the molecule is Nc1cc(CCC(NC(=O)C2CCC3CN(C(=O)CCc4ccccc4)CC(=O)N32)C(=O)c2nccs2)ccn1. The van der Waals surface area contributed by atoms with E-state index in [-0.39, 0.29) is 36.1 Å². The molecule has 1 aromatic carbocycles. The molecule has 10 nitrogen and oxygen atoms in total. The Hall–Kier alpha value is -4.12. The number of Topliss-reactive ketones (excluding diaryl/α,β-unsaturated/α-hetero) is 1. The van der Waals surface area contributed by atoms with E-state index in [1.165, 1.54) is 11.3 Å². The van der Waals surface area contributed by atoms with Crippen LogP contribution in [0.3, 0.4) is 0 Å². The first-order chi connectivity index (χ1) is 19.4. The number of aromatic nitrogens is 2. The van der Waals surface area contributed by atoms with Crippen LogP contribution in [-0.4, -0.2) is 74.5 Å². The molecule has 11 heteroatoms. The maximum absolute atomic E-state index is 13.5. The molecule has 0 saturated carbocycles. The lowest BCUT2D eigenvalue weighted by atomic mass is 10.0. The Morgan fingerprint density at radius 1 is 1.05 bits per heavy atom. The van der Waals surface area contributed by atoms with Crippen LogP contribution in [0.2, 0.25) is 0 Å². The normalized spacial score (nSPS) is 19.2. The standard InChI is InChI=1S/C29H32N6O4S/c30-24-16-20(12-13-31-24)6-9-22(27(38)29-32-14-15-40-29)33-28(39)23-10-8-21-17-34(18-26(37)35(21)23)25(36)11-7-19-4-2-1-3-5-19/h1-5,12-16,21-23H,6-11,17-18H2,(H2,30,31)(H,33,39). The zero-order valence-corrected chi connectivity index (χ0v) is 22.9. The molecule has 2 aromatic heterocycles. The zero-order valence-electron chi connectivity index (χ0n) is 22.1. The molecule has 40 heavy (non-hydrogen) atoms. The predicted molar refractivity (Wildman–Crippen MR) is 150 cm³/mol. The molecule has 0 radical (unpaired) electrons. The molecule has 208 valence electrons. The summed E-state index contributed by atoms with van der Waals surface area (Å²) in [5.41, 5.74) is 7.78. The number of anilines is 1. The number of rotatable bonds is 10. The number of carbonyl (C=O) groups excluding carboxylic acids is 4. The fraction of sp³-hybridized carbons (Fsp3) is 0.379. The second-order valence-electron chi connectivity index (χ2n) is 10.2. The van der Waals surface area contributed by atoms with Gasteiger partial charge in [0.2, 0.25) is 23.5 Å². The molecule has 3 unspecified atom stereocenters. The van der Waals surface area contributed by atoms with Gasteiger partial charge in [-0.3, -0.25) is 19.2 Å². The number of hydrogen-bond donors (Lipinski definition) is 2. The predicted octanol–water partition coefficient (Wildman–Crippen LogP) is 2.26. The highest BCUT2D eigenvalue weighted by molar-refractivity contribution is 7.11. The molecule has 4 heterocycles. The minimum absolute atomic E-state index is 0.0428. The Labute approximate surface area is 236 Å². The Bertz CT molecular complexity index is 1370. The summed E-state index contributed by atoms with van der Waals surface area (Å²) in [4.78, 5) is 64.2. The Kier molecular flexibility index (Phi) is 8.49. The smallest absolute Gasteiger partial charge is 0.243 e. The third-order valence-corrected chi connectivity index (χ3v) is 8.30. The average Bonchev–Trinajstić information content (AvgIpc) is 3.65. The van der Waals surface area contributed by atoms with E-state index in [0.29, 0.717) is 55.9 Å². The lowest BCUT2D eigenvalue weighted by Gasteiger charge is -2.39. The number of carbonyl (C=O) groups is 4. The van der Waals surface area contributed by atoms with Crippen molar-refractivity contribution in [1.82, 2.24) is 25.1 Å². The lowest BCUT2D eigenvalue weighted by molar-refractivity contribution is -0.151. The third kappa shape index (κ3) is 6.36. The molecular weight excluding hydrogens is 528 g/mol. The van der Waals surface area contributed by atoms with Crippen molar-refractivity contribution in [1.29, 1.82) is 0 Å². The highest BCUT2D eigenvalue weighted by Gasteiger charge is 2.46. The number of nitrogen functional groups attached to an aromatic ring is 1. The first-order valence-corrected chi connectivity index (χ1v) is 14.3. The molecule has 5 rings (SSSR count). The molecule has 3 atom stereocenters. The van der Waals surface area contributed by atoms with Gasteiger partial charge in [-0.2, -0.15) is 0 Å². The van der Waals surface area contributed by atoms with Crippen molar-refractivity contribution in [3.05, 3.63) is 76.4 Å². The van der Waals surface area contributed by atoms with E-state index in [0.717, 1.165) is 11.1 Å². The number of aryl methyl sites for hydroxylation is 2. The summed E-state index contributed by atoms with van der Waals surface area (Å²) >= 11 is 1.22. The van der Waals surface area contributed by atoms with Crippen LogP contribution in [0.1, 0.15) is 46.6 Å². The maximum Gasteiger partial charge on any atom is 0.243 e. The summed E-state index contributed by atoms with van der Waals surface area (Å²) in [7, 11) is 0. The van der Waals surface area contributed by atoms with E-state index >= 15 is 0 Å². The first-order valence-electron chi connectivity index (χ1n) is 13.5. The minimum Gasteiger partial charge on any atom is -0.384 e. The average molecular weight is 561 g/mol. The van der Waals surface area contributed by atoms with Crippen molar-refractivity contribution in [3.63, 3.8) is 0 Å². The van der Waals surface area contributed by atoms with Gasteiger partial charge in [0.1, 0.15) is 11.9 Å². The molecule has 2 aliphatic rings. The second-order valence-corrected chi connectivity index (χ2v) is 11.1. The number of hydrogen-bond acceptors (Lipinski definition) is 8. The quantitative estimate of drug-likeness (QED) is 0.363. The van der Waals surface area contributed by atoms with Crippen LogP contribution in [0, 0.1) is 0 Å². The number of pyridine rings is 1. The van der Waals surface area contributed by atoms with Gasteiger partial charge in [0.15, 0.2) is 5.01 Å². The summed E-state index contributed by atoms with van der Waals surface area (Å²) in [6.45, 7) is 0.368. The topological polar surface area (TPSA) is 139 Å². The van der Waals surface area contributed by atoms with Gasteiger partial charge in [0.25, 0.3) is 0 Å². The van der Waals surface area contributed by atoms with E-state index in [1.54, 1.807) is 33.6 Å². The van der Waals surface area contributed by atoms with Gasteiger partial charge in [-0.15, -0.1) is 11.3 Å². The van der Waals surface area contributed by atoms with Gasteiger partial charge in [-0.25, -0.2) is 9.97 Å². The number of amides is 3. The Morgan fingerprint density at radius 3 is 2.62 bits per heavy atom. The van der Waals surface area contributed by atoms with Crippen molar-refractivity contribution in [3.8, 4) is 0 Å². The van der Waals surface area contributed by atoms with Crippen molar-refractivity contribution in [2.75, 3.05) is 18.8 Å². The Morgan fingerprint density at radius 2 is 1.88 bits per heavy atom. The number of nitrogens with one attached hydrogen (secondary N) is 1. The summed E-state index contributed by atoms with van der Waals surface area (Å²) < 4.78 is 0. The summed E-state index contributed by atoms with van der Waals surface area (Å²) in [6.07, 6.45) is 6.06. The highest BCUT2D eigenvalue weighted by Crippen LogP contribution is 2.29. The van der Waals surface area contributed by atoms with E-state index in [2.05, 4.69) is 15.3 Å². The molecule has 2 fully saturated rings. The van der Waals surface area contributed by atoms with Gasteiger partial charge in [0, 0.05) is 30.7 Å². The summed E-state index contributed by atoms with van der Waals surface area (Å²) in [6, 6.07) is 11.6. The second kappa shape index (κ2) is 12.4. The van der Waals surface area contributed by atoms with Gasteiger partial charge >= 0.3 is 0 Å². The van der Waals surface area contributed by atoms with Crippen molar-refractivity contribution in [2.24, 2.45) is 0 Å². The summed E-state index contributed by atoms with van der Waals surface area (Å²) in [5, 5.41) is 4.96. The largest absolute Gasteiger partial charge is 0.384 e. The van der Waals surface area contributed by atoms with Gasteiger partial charge < -0.3 is 20.9 Å². The van der Waals surface area contributed by atoms with Crippen LogP contribution in [0.4, 0.5) is 5.82 Å². The fourth-order valence-corrected chi connectivity index (χ4v) is 6.13. The molecule has 3 N–H and O–H groups in total. The van der Waals surface area contributed by atoms with E-state index < -0.39 is 12.1 Å². The van der Waals surface area contributed by atoms with Crippen molar-refractivity contribution in [2.45, 2.75) is 56.7 Å². The van der Waals surface area contributed by atoms with Crippen molar-refractivity contribution >= 4 is 40.7 Å². The van der Waals surface area contributed by atoms with E-state index in [9.17, 15) is 19.2 Å². The number of nitrogens with zero attached hydrogens (tertiary/aromatic N) is 4. The Balaban J connectivity index is 1.22. The molecule has 2 aliphatic heterocycles. The van der Waals surface area contributed by atoms with E-state index in [4.69, 9.17) is 5.73 Å². The van der Waals surface area contributed by atoms with Crippen LogP contribution in [0.25, 0.3) is 0 Å². The van der Waals surface area contributed by atoms with Crippen molar-refractivity contribution < 1.29 is 19.2 Å². The number of thiazole rings is 1. The van der Waals surface area contributed by atoms with Crippen LogP contribution >= 0.6 is 11.3 Å². The minimum atomic E-state index is -0.803. The van der Waals surface area contributed by atoms with Gasteiger partial charge in [-0.1, -0.05) is 30.3 Å². The monoisotopic (exact) mass is 560 g/mol. The van der Waals surface area contributed by atoms with Gasteiger partial charge in [0.05, 0.1) is 18.6 Å². The lowest BCUT2D eigenvalue weighted by Crippen LogP contribution is -2.60. The van der Waals surface area contributed by atoms with Crippen LogP contribution < -0.4 is 11.1 Å². The molecule has 3 aromatic rings. The molecule has 0 bridgehead atoms. The molecule has 3 amide bonds. The molecule has 0 spiro atoms. The highest BCUT2D eigenvalue weighted by atomic mass is 32.1. The van der Waals surface area contributed by atoms with Crippen LogP contribution in [-0.2, 0) is 27.2 Å². The van der Waals surface area contributed by atoms with Crippen LogP contribution in [0.15, 0.2) is 60.2 Å². The number of benzene rings is 1. The number of piperazine rings is 1. The summed E-state index contributed by atoms with van der Waals surface area (Å²) in [5.74, 6) is -0.533. The first kappa shape index (κ1) is 27.4. The third-order valence-electron chi connectivity index (χ3n) is 7.52. The number of ketones is 1. The van der Waals surface area contributed by atoms with Crippen LogP contribution in [0.5, 0.6) is 0 Å². The van der Waals surface area contributed by atoms with Gasteiger partial charge in [-0.05, 0) is 55.4 Å². The molecule has 0 aliphatic carbocycles.